The van der Waals surface area contributed by atoms with Crippen LogP contribution < -0.4 is 0 Å². The lowest BCUT2D eigenvalue weighted by molar-refractivity contribution is 0.248. The summed E-state index contributed by atoms with van der Waals surface area (Å²) in [7, 11) is 1.76. The topological polar surface area (TPSA) is 18.5 Å². The number of hydrogen-bond acceptors (Lipinski definition) is 2. The van der Waals surface area contributed by atoms with E-state index in [2.05, 4.69) is 20.4 Å². The standard InChI is InChI=1S/C7H18O2Si.C5H12Cl2Si/c1-5-6-7-10(4,8-2)9-3;1-3-4-5-8(2,6)7/h5-7H2,1-4H3;3-5H2,1-2H3. The summed E-state index contributed by atoms with van der Waals surface area (Å²) in [6.07, 6.45) is 4.80. The first kappa shape index (κ1) is 21.2. The van der Waals surface area contributed by atoms with Crippen LogP contribution in [0, 0.1) is 0 Å². The number of hydrogen-bond donors (Lipinski definition) is 0. The zero-order chi connectivity index (χ0) is 14.7. The van der Waals surface area contributed by atoms with E-state index < -0.39 is 15.3 Å². The zero-order valence-electron chi connectivity index (χ0n) is 12.8. The minimum atomic E-state index is -1.73. The van der Waals surface area contributed by atoms with Gasteiger partial charge in [-0.05, 0) is 25.2 Å². The lowest BCUT2D eigenvalue weighted by Crippen LogP contribution is -2.35. The predicted molar refractivity (Wildman–Crippen MR) is 88.4 cm³/mol. The summed E-state index contributed by atoms with van der Waals surface area (Å²) >= 11 is 11.6. The maximum absolute atomic E-state index is 5.82. The Kier molecular flexibility index (Phi) is 13.8. The van der Waals surface area contributed by atoms with Crippen LogP contribution in [0.15, 0.2) is 0 Å². The minimum absolute atomic E-state index is 1.03. The Morgan fingerprint density at radius 1 is 0.833 bits per heavy atom. The van der Waals surface area contributed by atoms with Gasteiger partial charge in [-0.25, -0.2) is 0 Å². The summed E-state index contributed by atoms with van der Waals surface area (Å²) in [4.78, 5) is 0. The predicted octanol–water partition coefficient (Wildman–Crippen LogP) is 5.49. The van der Waals surface area contributed by atoms with Crippen molar-refractivity contribution in [2.75, 3.05) is 14.2 Å². The van der Waals surface area contributed by atoms with Crippen LogP contribution in [0.25, 0.3) is 0 Å². The second kappa shape index (κ2) is 11.7. The van der Waals surface area contributed by atoms with Gasteiger partial charge in [0, 0.05) is 14.2 Å². The average molecular weight is 333 g/mol. The smallest absolute Gasteiger partial charge is 0.334 e. The van der Waals surface area contributed by atoms with Gasteiger partial charge in [-0.1, -0.05) is 39.5 Å². The van der Waals surface area contributed by atoms with Crippen LogP contribution in [0.4, 0.5) is 0 Å². The van der Waals surface area contributed by atoms with E-state index in [0.29, 0.717) is 0 Å². The molecular weight excluding hydrogens is 303 g/mol. The summed E-state index contributed by atoms with van der Waals surface area (Å²) < 4.78 is 10.6. The molecule has 0 aromatic heterocycles. The normalized spacial score (nSPS) is 12.0. The summed E-state index contributed by atoms with van der Waals surface area (Å²) in [6, 6.07) is 2.14. The maximum Gasteiger partial charge on any atom is 0.334 e. The lowest BCUT2D eigenvalue weighted by atomic mass is 10.4. The molecule has 0 rings (SSSR count). The lowest BCUT2D eigenvalue weighted by Gasteiger charge is -2.21. The molecule has 0 aliphatic heterocycles. The van der Waals surface area contributed by atoms with Crippen molar-refractivity contribution < 1.29 is 8.85 Å². The van der Waals surface area contributed by atoms with E-state index in [1.54, 1.807) is 14.2 Å². The fourth-order valence-electron chi connectivity index (χ4n) is 1.27. The monoisotopic (exact) mass is 332 g/mol. The van der Waals surface area contributed by atoms with Crippen molar-refractivity contribution in [3.8, 4) is 0 Å². The molecule has 2 nitrogen and oxygen atoms in total. The molecule has 0 aliphatic rings. The second-order valence-corrected chi connectivity index (χ2v) is 16.6. The number of rotatable bonds is 8. The SMILES string of the molecule is CCCC[Si](C)(Cl)Cl.CCCC[Si](C)(OC)OC. The van der Waals surface area contributed by atoms with E-state index in [4.69, 9.17) is 31.0 Å². The summed E-state index contributed by atoms with van der Waals surface area (Å²) in [6.45, 7) is 6.66. The Hall–Kier alpha value is 0.934. The first-order valence-corrected chi connectivity index (χ1v) is 14.0. The van der Waals surface area contributed by atoms with Crippen LogP contribution in [0.2, 0.25) is 25.2 Å². The molecule has 0 N–H and O–H groups in total. The number of halogens is 2. The molecule has 0 aliphatic carbocycles. The van der Waals surface area contributed by atoms with Crippen LogP contribution in [0.1, 0.15) is 39.5 Å². The molecule has 0 saturated carbocycles. The first-order valence-electron chi connectivity index (χ1n) is 6.72. The first-order chi connectivity index (χ1) is 8.24. The summed E-state index contributed by atoms with van der Waals surface area (Å²) in [5.74, 6) is 0. The average Bonchev–Trinajstić information content (AvgIpc) is 2.33. The van der Waals surface area contributed by atoms with Crippen LogP contribution in [0.3, 0.4) is 0 Å². The van der Waals surface area contributed by atoms with Crippen LogP contribution in [-0.4, -0.2) is 29.5 Å². The van der Waals surface area contributed by atoms with Gasteiger partial charge in [-0.15, -0.1) is 22.2 Å². The van der Waals surface area contributed by atoms with Gasteiger partial charge in [0.25, 0.3) is 0 Å². The van der Waals surface area contributed by atoms with E-state index >= 15 is 0 Å². The molecule has 0 fully saturated rings. The quantitative estimate of drug-likeness (QED) is 0.432. The van der Waals surface area contributed by atoms with Crippen molar-refractivity contribution in [1.29, 1.82) is 0 Å². The van der Waals surface area contributed by atoms with Crippen molar-refractivity contribution in [1.82, 2.24) is 0 Å². The van der Waals surface area contributed by atoms with Crippen LogP contribution in [0.5, 0.6) is 0 Å². The minimum Gasteiger partial charge on any atom is -0.398 e. The molecule has 0 unspecified atom stereocenters. The van der Waals surface area contributed by atoms with Crippen molar-refractivity contribution >= 4 is 37.4 Å². The van der Waals surface area contributed by atoms with Gasteiger partial charge in [-0.2, -0.15) is 0 Å². The molecule has 0 radical (unpaired) electrons. The molecule has 0 atom stereocenters. The molecule has 112 valence electrons. The summed E-state index contributed by atoms with van der Waals surface area (Å²) in [5.41, 5.74) is 0. The molecule has 0 bridgehead atoms. The molecule has 0 spiro atoms. The van der Waals surface area contributed by atoms with Gasteiger partial charge in [-0.3, -0.25) is 0 Å². The molecular formula is C12H30Cl2O2Si2. The highest BCUT2D eigenvalue weighted by atomic mass is 35.7. The van der Waals surface area contributed by atoms with Gasteiger partial charge >= 0.3 is 8.56 Å². The largest absolute Gasteiger partial charge is 0.398 e. The van der Waals surface area contributed by atoms with Gasteiger partial charge in [0.1, 0.15) is 0 Å². The fraction of sp³-hybridized carbons (Fsp3) is 1.00. The molecule has 0 aromatic carbocycles. The van der Waals surface area contributed by atoms with E-state index in [9.17, 15) is 0 Å². The van der Waals surface area contributed by atoms with Crippen LogP contribution in [-0.2, 0) is 8.85 Å². The van der Waals surface area contributed by atoms with Crippen molar-refractivity contribution in [3.05, 3.63) is 0 Å². The molecule has 0 amide bonds. The van der Waals surface area contributed by atoms with Crippen molar-refractivity contribution in [3.63, 3.8) is 0 Å². The molecule has 6 heteroatoms. The van der Waals surface area contributed by atoms with E-state index in [0.717, 1.165) is 12.1 Å². The Morgan fingerprint density at radius 2 is 1.22 bits per heavy atom. The highest BCUT2D eigenvalue weighted by Gasteiger charge is 2.27. The second-order valence-electron chi connectivity index (χ2n) is 4.82. The Bertz CT molecular complexity index is 183. The Balaban J connectivity index is 0. The van der Waals surface area contributed by atoms with Gasteiger partial charge in [0.15, 0.2) is 0 Å². The third-order valence-electron chi connectivity index (χ3n) is 2.82. The van der Waals surface area contributed by atoms with E-state index in [1.807, 2.05) is 6.55 Å². The molecule has 0 aromatic rings. The molecule has 0 heterocycles. The van der Waals surface area contributed by atoms with Crippen molar-refractivity contribution in [2.45, 2.75) is 64.7 Å². The highest BCUT2D eigenvalue weighted by molar-refractivity contribution is 7.44. The maximum atomic E-state index is 5.82. The third kappa shape index (κ3) is 15.0. The van der Waals surface area contributed by atoms with Crippen molar-refractivity contribution in [2.24, 2.45) is 0 Å². The van der Waals surface area contributed by atoms with Gasteiger partial charge in [0.2, 0.25) is 6.69 Å². The highest BCUT2D eigenvalue weighted by Crippen LogP contribution is 2.21. The fourth-order valence-corrected chi connectivity index (χ4v) is 4.62. The number of unbranched alkanes of at least 4 members (excludes halogenated alkanes) is 2. The van der Waals surface area contributed by atoms with E-state index in [-0.39, 0.29) is 0 Å². The zero-order valence-corrected chi connectivity index (χ0v) is 16.3. The Morgan fingerprint density at radius 3 is 1.44 bits per heavy atom. The van der Waals surface area contributed by atoms with Gasteiger partial charge < -0.3 is 8.85 Å². The third-order valence-corrected chi connectivity index (χ3v) is 8.17. The molecule has 0 saturated heterocycles. The van der Waals surface area contributed by atoms with E-state index in [1.165, 1.54) is 25.7 Å². The van der Waals surface area contributed by atoms with Gasteiger partial charge in [0.05, 0.1) is 0 Å². The summed E-state index contributed by atoms with van der Waals surface area (Å²) in [5, 5.41) is 0. The van der Waals surface area contributed by atoms with Crippen LogP contribution >= 0.6 is 22.2 Å². The Labute approximate surface area is 125 Å². The molecule has 18 heavy (non-hydrogen) atoms.